The molecule has 1 atom stereocenters. The zero-order valence-electron chi connectivity index (χ0n) is 10.5. The van der Waals surface area contributed by atoms with E-state index in [-0.39, 0.29) is 6.04 Å². The molecule has 3 nitrogen and oxygen atoms in total. The Hall–Kier alpha value is -1.43. The summed E-state index contributed by atoms with van der Waals surface area (Å²) in [4.78, 5) is 0. The largest absolute Gasteiger partial charge is 0.454 e. The molecule has 2 aromatic rings. The number of rotatable bonds is 3. The van der Waals surface area contributed by atoms with Crippen molar-refractivity contribution >= 4 is 28.3 Å². The van der Waals surface area contributed by atoms with E-state index in [0.717, 1.165) is 17.2 Å². The summed E-state index contributed by atoms with van der Waals surface area (Å²) in [5.74, 6) is 1.65. The first kappa shape index (κ1) is 12.6. The van der Waals surface area contributed by atoms with Gasteiger partial charge < -0.3 is 14.8 Å². The van der Waals surface area contributed by atoms with Crippen LogP contribution in [0.3, 0.4) is 0 Å². The Balaban J connectivity index is 1.76. The lowest BCUT2D eigenvalue weighted by molar-refractivity contribution is 0.174. The van der Waals surface area contributed by atoms with Crippen molar-refractivity contribution in [1.29, 1.82) is 0 Å². The summed E-state index contributed by atoms with van der Waals surface area (Å²) in [7, 11) is 0. The average molecular weight is 367 g/mol. The summed E-state index contributed by atoms with van der Waals surface area (Å²) in [6, 6.07) is 14.6. The van der Waals surface area contributed by atoms with E-state index in [1.54, 1.807) is 0 Å². The highest BCUT2D eigenvalue weighted by Crippen LogP contribution is 2.34. The van der Waals surface area contributed by atoms with Gasteiger partial charge in [0.05, 0.1) is 0 Å². The Kier molecular flexibility index (Phi) is 3.50. The molecule has 1 N–H and O–H groups in total. The van der Waals surface area contributed by atoms with Crippen molar-refractivity contribution in [3.8, 4) is 11.5 Å². The minimum absolute atomic E-state index is 0.217. The molecule has 4 heteroatoms. The predicted octanol–water partition coefficient (Wildman–Crippen LogP) is 4.19. The van der Waals surface area contributed by atoms with Gasteiger partial charge in [0.2, 0.25) is 6.79 Å². The Bertz CT molecular complexity index is 583. The summed E-state index contributed by atoms with van der Waals surface area (Å²) < 4.78 is 12.0. The molecule has 0 aliphatic carbocycles. The summed E-state index contributed by atoms with van der Waals surface area (Å²) in [6.45, 7) is 2.45. The van der Waals surface area contributed by atoms with Crippen molar-refractivity contribution in [2.75, 3.05) is 12.1 Å². The summed E-state index contributed by atoms with van der Waals surface area (Å²) in [5, 5.41) is 3.48. The quantitative estimate of drug-likeness (QED) is 0.826. The lowest BCUT2D eigenvalue weighted by Gasteiger charge is -2.16. The summed E-state index contributed by atoms with van der Waals surface area (Å²) in [5.41, 5.74) is 2.30. The molecular weight excluding hydrogens is 353 g/mol. The van der Waals surface area contributed by atoms with E-state index >= 15 is 0 Å². The van der Waals surface area contributed by atoms with Crippen LogP contribution in [-0.4, -0.2) is 6.79 Å². The number of benzene rings is 2. The van der Waals surface area contributed by atoms with Crippen molar-refractivity contribution in [2.45, 2.75) is 13.0 Å². The van der Waals surface area contributed by atoms with Crippen LogP contribution in [0.2, 0.25) is 0 Å². The molecular formula is C15H14INO2. The number of hydrogen-bond acceptors (Lipinski definition) is 3. The van der Waals surface area contributed by atoms with E-state index in [9.17, 15) is 0 Å². The highest BCUT2D eigenvalue weighted by Gasteiger charge is 2.15. The van der Waals surface area contributed by atoms with Gasteiger partial charge in [-0.15, -0.1) is 0 Å². The van der Waals surface area contributed by atoms with Gasteiger partial charge in [0.25, 0.3) is 0 Å². The Morgan fingerprint density at radius 1 is 1.05 bits per heavy atom. The first-order valence-electron chi connectivity index (χ1n) is 6.14. The van der Waals surface area contributed by atoms with Crippen LogP contribution in [0.1, 0.15) is 18.5 Å². The maximum Gasteiger partial charge on any atom is 0.231 e. The second kappa shape index (κ2) is 5.28. The van der Waals surface area contributed by atoms with Crippen LogP contribution in [0.25, 0.3) is 0 Å². The lowest BCUT2D eigenvalue weighted by Crippen LogP contribution is -2.06. The molecule has 0 aromatic heterocycles. The van der Waals surface area contributed by atoms with E-state index in [2.05, 4.69) is 65.2 Å². The van der Waals surface area contributed by atoms with Gasteiger partial charge >= 0.3 is 0 Å². The molecule has 0 amide bonds. The van der Waals surface area contributed by atoms with Crippen molar-refractivity contribution in [3.63, 3.8) is 0 Å². The molecule has 1 heterocycles. The fourth-order valence-corrected chi connectivity index (χ4v) is 2.42. The molecule has 2 aromatic carbocycles. The number of ether oxygens (including phenoxy) is 2. The highest BCUT2D eigenvalue weighted by molar-refractivity contribution is 14.1. The molecule has 1 aliphatic rings. The third-order valence-electron chi connectivity index (χ3n) is 3.12. The van der Waals surface area contributed by atoms with Crippen molar-refractivity contribution in [2.24, 2.45) is 0 Å². The van der Waals surface area contributed by atoms with Crippen LogP contribution in [0.5, 0.6) is 11.5 Å². The van der Waals surface area contributed by atoms with Crippen molar-refractivity contribution in [1.82, 2.24) is 0 Å². The monoisotopic (exact) mass is 367 g/mol. The number of hydrogen-bond donors (Lipinski definition) is 1. The van der Waals surface area contributed by atoms with E-state index in [0.29, 0.717) is 6.79 Å². The van der Waals surface area contributed by atoms with Gasteiger partial charge in [0.1, 0.15) is 0 Å². The minimum Gasteiger partial charge on any atom is -0.454 e. The van der Waals surface area contributed by atoms with Gasteiger partial charge in [0.15, 0.2) is 11.5 Å². The first-order chi connectivity index (χ1) is 9.22. The topological polar surface area (TPSA) is 30.5 Å². The number of fused-ring (bicyclic) bond motifs is 1. The number of halogens is 1. The van der Waals surface area contributed by atoms with Crippen molar-refractivity contribution in [3.05, 3.63) is 51.6 Å². The second-order valence-electron chi connectivity index (χ2n) is 4.49. The lowest BCUT2D eigenvalue weighted by atomic mass is 10.1. The average Bonchev–Trinajstić information content (AvgIpc) is 2.88. The molecule has 0 saturated heterocycles. The van der Waals surface area contributed by atoms with Gasteiger partial charge in [0, 0.05) is 15.3 Å². The van der Waals surface area contributed by atoms with Gasteiger partial charge in [-0.2, -0.15) is 0 Å². The van der Waals surface area contributed by atoms with Gasteiger partial charge in [-0.1, -0.05) is 6.07 Å². The maximum absolute atomic E-state index is 5.40. The van der Waals surface area contributed by atoms with E-state index in [4.69, 9.17) is 9.47 Å². The normalized spacial score (nSPS) is 14.2. The SMILES string of the molecule is CC(Nc1ccc(I)cc1)c1ccc2c(c1)OCO2. The second-order valence-corrected chi connectivity index (χ2v) is 5.73. The fourth-order valence-electron chi connectivity index (χ4n) is 2.06. The van der Waals surface area contributed by atoms with Crippen molar-refractivity contribution < 1.29 is 9.47 Å². The van der Waals surface area contributed by atoms with Crippen LogP contribution >= 0.6 is 22.6 Å². The fraction of sp³-hybridized carbons (Fsp3) is 0.200. The third-order valence-corrected chi connectivity index (χ3v) is 3.84. The minimum atomic E-state index is 0.217. The molecule has 98 valence electrons. The predicted molar refractivity (Wildman–Crippen MR) is 83.8 cm³/mol. The number of anilines is 1. The highest BCUT2D eigenvalue weighted by atomic mass is 127. The van der Waals surface area contributed by atoms with Gasteiger partial charge in [-0.25, -0.2) is 0 Å². The van der Waals surface area contributed by atoms with Gasteiger partial charge in [-0.3, -0.25) is 0 Å². The zero-order chi connectivity index (χ0) is 13.2. The van der Waals surface area contributed by atoms with Gasteiger partial charge in [-0.05, 0) is 71.5 Å². The smallest absolute Gasteiger partial charge is 0.231 e. The van der Waals surface area contributed by atoms with Crippen LogP contribution in [0.4, 0.5) is 5.69 Å². The summed E-state index contributed by atoms with van der Waals surface area (Å²) in [6.07, 6.45) is 0. The molecule has 0 fully saturated rings. The first-order valence-corrected chi connectivity index (χ1v) is 7.22. The Morgan fingerprint density at radius 3 is 2.58 bits per heavy atom. The van der Waals surface area contributed by atoms with E-state index in [1.807, 2.05) is 12.1 Å². The molecule has 19 heavy (non-hydrogen) atoms. The van der Waals surface area contributed by atoms with Crippen LogP contribution < -0.4 is 14.8 Å². The summed E-state index contributed by atoms with van der Waals surface area (Å²) >= 11 is 2.30. The maximum atomic E-state index is 5.40. The van der Waals surface area contributed by atoms with Crippen LogP contribution in [0, 0.1) is 3.57 Å². The molecule has 0 bridgehead atoms. The zero-order valence-corrected chi connectivity index (χ0v) is 12.7. The Labute approximate surface area is 126 Å². The molecule has 0 spiro atoms. The molecule has 1 aliphatic heterocycles. The standard InChI is InChI=1S/C15H14INO2/c1-10(17-13-5-3-12(16)4-6-13)11-2-7-14-15(8-11)19-9-18-14/h2-8,10,17H,9H2,1H3. The van der Waals surface area contributed by atoms with Crippen LogP contribution in [-0.2, 0) is 0 Å². The molecule has 1 unspecified atom stereocenters. The van der Waals surface area contributed by atoms with Crippen LogP contribution in [0.15, 0.2) is 42.5 Å². The third kappa shape index (κ3) is 2.78. The van der Waals surface area contributed by atoms with E-state index < -0.39 is 0 Å². The van der Waals surface area contributed by atoms with E-state index in [1.165, 1.54) is 9.13 Å². The number of nitrogens with one attached hydrogen (secondary N) is 1. The molecule has 0 radical (unpaired) electrons. The molecule has 0 saturated carbocycles. The Morgan fingerprint density at radius 2 is 1.79 bits per heavy atom. The molecule has 3 rings (SSSR count).